The number of esters is 1. The molecule has 0 aromatic carbocycles. The highest BCUT2D eigenvalue weighted by atomic mass is 16.6. The zero-order chi connectivity index (χ0) is 12.6. The first kappa shape index (κ1) is 11.6. The normalized spacial score (nSPS) is 11.8. The van der Waals surface area contributed by atoms with Crippen molar-refractivity contribution < 1.29 is 9.53 Å². The molecular formula is C13H16N2O2. The van der Waals surface area contributed by atoms with E-state index in [0.29, 0.717) is 11.2 Å². The SMILES string of the molecule is Cc1[nH]c2ncccc2c1C(=O)OC(C)(C)C. The summed E-state index contributed by atoms with van der Waals surface area (Å²) in [5.74, 6) is -0.311. The standard InChI is InChI=1S/C13H16N2O2/c1-8-10(12(16)17-13(2,3)4)9-6-5-7-14-11(9)15-8/h5-7H,1-4H3,(H,14,15). The van der Waals surface area contributed by atoms with Crippen LogP contribution in [0.25, 0.3) is 11.0 Å². The van der Waals surface area contributed by atoms with Gasteiger partial charge in [-0.2, -0.15) is 0 Å². The zero-order valence-electron chi connectivity index (χ0n) is 10.5. The van der Waals surface area contributed by atoms with Crippen LogP contribution in [0.15, 0.2) is 18.3 Å². The number of hydrogen-bond donors (Lipinski definition) is 1. The summed E-state index contributed by atoms with van der Waals surface area (Å²) in [7, 11) is 0. The molecule has 1 N–H and O–H groups in total. The molecule has 0 amide bonds. The molecular weight excluding hydrogens is 216 g/mol. The summed E-state index contributed by atoms with van der Waals surface area (Å²) in [6.45, 7) is 7.41. The molecule has 0 saturated carbocycles. The molecule has 2 rings (SSSR count). The van der Waals surface area contributed by atoms with E-state index in [4.69, 9.17) is 4.74 Å². The van der Waals surface area contributed by atoms with Crippen LogP contribution in [0.2, 0.25) is 0 Å². The van der Waals surface area contributed by atoms with Crippen LogP contribution in [0, 0.1) is 6.92 Å². The van der Waals surface area contributed by atoms with Crippen molar-refractivity contribution in [2.75, 3.05) is 0 Å². The van der Waals surface area contributed by atoms with Gasteiger partial charge in [0.2, 0.25) is 0 Å². The van der Waals surface area contributed by atoms with Gasteiger partial charge in [-0.15, -0.1) is 0 Å². The molecule has 0 aliphatic carbocycles. The van der Waals surface area contributed by atoms with Crippen molar-refractivity contribution in [3.63, 3.8) is 0 Å². The van der Waals surface area contributed by atoms with Crippen molar-refractivity contribution in [3.05, 3.63) is 29.6 Å². The van der Waals surface area contributed by atoms with Crippen molar-refractivity contribution in [2.24, 2.45) is 0 Å². The number of pyridine rings is 1. The van der Waals surface area contributed by atoms with Gasteiger partial charge in [-0.3, -0.25) is 0 Å². The van der Waals surface area contributed by atoms with Gasteiger partial charge in [0, 0.05) is 17.3 Å². The second kappa shape index (κ2) is 3.87. The first-order valence-corrected chi connectivity index (χ1v) is 5.55. The van der Waals surface area contributed by atoms with Gasteiger partial charge in [-0.05, 0) is 39.8 Å². The van der Waals surface area contributed by atoms with Crippen LogP contribution >= 0.6 is 0 Å². The molecule has 4 heteroatoms. The van der Waals surface area contributed by atoms with Gasteiger partial charge in [0.05, 0.1) is 5.56 Å². The Kier molecular flexibility index (Phi) is 2.65. The van der Waals surface area contributed by atoms with E-state index in [-0.39, 0.29) is 5.97 Å². The predicted octanol–water partition coefficient (Wildman–Crippen LogP) is 2.83. The van der Waals surface area contributed by atoms with Gasteiger partial charge in [0.25, 0.3) is 0 Å². The van der Waals surface area contributed by atoms with Gasteiger partial charge in [-0.25, -0.2) is 9.78 Å². The molecule has 0 saturated heterocycles. The van der Waals surface area contributed by atoms with Crippen LogP contribution in [0.3, 0.4) is 0 Å². The molecule has 0 aliphatic rings. The van der Waals surface area contributed by atoms with E-state index in [1.165, 1.54) is 0 Å². The van der Waals surface area contributed by atoms with Crippen LogP contribution in [0.1, 0.15) is 36.8 Å². The van der Waals surface area contributed by atoms with E-state index in [9.17, 15) is 4.79 Å². The first-order valence-electron chi connectivity index (χ1n) is 5.55. The Hall–Kier alpha value is -1.84. The fraction of sp³-hybridized carbons (Fsp3) is 0.385. The lowest BCUT2D eigenvalue weighted by Gasteiger charge is -2.19. The Morgan fingerprint density at radius 2 is 2.12 bits per heavy atom. The Bertz CT molecular complexity index is 564. The largest absolute Gasteiger partial charge is 0.456 e. The van der Waals surface area contributed by atoms with Crippen molar-refractivity contribution in [2.45, 2.75) is 33.3 Å². The van der Waals surface area contributed by atoms with Gasteiger partial charge >= 0.3 is 5.97 Å². The van der Waals surface area contributed by atoms with Crippen LogP contribution in [-0.4, -0.2) is 21.5 Å². The van der Waals surface area contributed by atoms with Crippen LogP contribution in [0.5, 0.6) is 0 Å². The minimum Gasteiger partial charge on any atom is -0.456 e. The molecule has 17 heavy (non-hydrogen) atoms. The zero-order valence-corrected chi connectivity index (χ0v) is 10.5. The van der Waals surface area contributed by atoms with Crippen molar-refractivity contribution >= 4 is 17.0 Å². The molecule has 2 aromatic rings. The number of carbonyl (C=O) groups is 1. The minimum absolute atomic E-state index is 0.311. The number of aryl methyl sites for hydroxylation is 1. The highest BCUT2D eigenvalue weighted by molar-refractivity contribution is 6.04. The molecule has 0 unspecified atom stereocenters. The molecule has 0 atom stereocenters. The smallest absolute Gasteiger partial charge is 0.341 e. The van der Waals surface area contributed by atoms with Crippen LogP contribution < -0.4 is 0 Å². The van der Waals surface area contributed by atoms with Gasteiger partial charge < -0.3 is 9.72 Å². The topological polar surface area (TPSA) is 55.0 Å². The third kappa shape index (κ3) is 2.30. The molecule has 0 bridgehead atoms. The Morgan fingerprint density at radius 1 is 1.41 bits per heavy atom. The lowest BCUT2D eigenvalue weighted by molar-refractivity contribution is 0.00711. The number of carbonyl (C=O) groups excluding carboxylic acids is 1. The summed E-state index contributed by atoms with van der Waals surface area (Å²) in [5, 5.41) is 0.805. The lowest BCUT2D eigenvalue weighted by atomic mass is 10.1. The summed E-state index contributed by atoms with van der Waals surface area (Å²) >= 11 is 0. The Balaban J connectivity index is 2.48. The summed E-state index contributed by atoms with van der Waals surface area (Å²) in [5.41, 5.74) is 1.58. The Labute approximate surface area is 100 Å². The molecule has 2 heterocycles. The average Bonchev–Trinajstić information content (AvgIpc) is 2.50. The molecule has 90 valence electrons. The number of ether oxygens (including phenoxy) is 1. The number of rotatable bonds is 1. The summed E-state index contributed by atoms with van der Waals surface area (Å²) in [4.78, 5) is 19.3. The van der Waals surface area contributed by atoms with Gasteiger partial charge in [0.1, 0.15) is 11.2 Å². The molecule has 0 aliphatic heterocycles. The van der Waals surface area contributed by atoms with E-state index in [0.717, 1.165) is 11.1 Å². The maximum Gasteiger partial charge on any atom is 0.341 e. The van der Waals surface area contributed by atoms with E-state index < -0.39 is 5.60 Å². The van der Waals surface area contributed by atoms with Gasteiger partial charge in [-0.1, -0.05) is 0 Å². The van der Waals surface area contributed by atoms with E-state index >= 15 is 0 Å². The maximum absolute atomic E-state index is 12.1. The lowest BCUT2D eigenvalue weighted by Crippen LogP contribution is -2.24. The third-order valence-corrected chi connectivity index (χ3v) is 2.36. The number of aromatic amines is 1. The fourth-order valence-electron chi connectivity index (χ4n) is 1.74. The number of hydrogen-bond acceptors (Lipinski definition) is 3. The second-order valence-corrected chi connectivity index (χ2v) is 5.03. The van der Waals surface area contributed by atoms with Gasteiger partial charge in [0.15, 0.2) is 0 Å². The second-order valence-electron chi connectivity index (χ2n) is 5.03. The summed E-state index contributed by atoms with van der Waals surface area (Å²) < 4.78 is 5.38. The van der Waals surface area contributed by atoms with Crippen molar-refractivity contribution in [1.82, 2.24) is 9.97 Å². The fourth-order valence-corrected chi connectivity index (χ4v) is 1.74. The highest BCUT2D eigenvalue weighted by Gasteiger charge is 2.22. The maximum atomic E-state index is 12.1. The van der Waals surface area contributed by atoms with E-state index in [1.807, 2.05) is 39.8 Å². The number of aromatic nitrogens is 2. The highest BCUT2D eigenvalue weighted by Crippen LogP contribution is 2.22. The summed E-state index contributed by atoms with van der Waals surface area (Å²) in [6, 6.07) is 3.68. The molecule has 0 fully saturated rings. The van der Waals surface area contributed by atoms with E-state index in [2.05, 4.69) is 9.97 Å². The molecule has 2 aromatic heterocycles. The quantitative estimate of drug-likeness (QED) is 0.769. The molecule has 0 spiro atoms. The number of nitrogens with zero attached hydrogens (tertiary/aromatic N) is 1. The number of fused-ring (bicyclic) bond motifs is 1. The Morgan fingerprint density at radius 3 is 2.76 bits per heavy atom. The minimum atomic E-state index is -0.491. The van der Waals surface area contributed by atoms with Crippen molar-refractivity contribution in [1.29, 1.82) is 0 Å². The molecule has 4 nitrogen and oxygen atoms in total. The van der Waals surface area contributed by atoms with Crippen LogP contribution in [-0.2, 0) is 4.74 Å². The van der Waals surface area contributed by atoms with Crippen molar-refractivity contribution in [3.8, 4) is 0 Å². The molecule has 0 radical (unpaired) electrons. The van der Waals surface area contributed by atoms with E-state index in [1.54, 1.807) is 6.20 Å². The average molecular weight is 232 g/mol. The monoisotopic (exact) mass is 232 g/mol. The predicted molar refractivity (Wildman–Crippen MR) is 66.0 cm³/mol. The number of H-pyrrole nitrogens is 1. The first-order chi connectivity index (χ1) is 7.88. The summed E-state index contributed by atoms with van der Waals surface area (Å²) in [6.07, 6.45) is 1.69. The third-order valence-electron chi connectivity index (χ3n) is 2.36. The van der Waals surface area contributed by atoms with Crippen LogP contribution in [0.4, 0.5) is 0 Å². The number of nitrogens with one attached hydrogen (secondary N) is 1.